The lowest BCUT2D eigenvalue weighted by molar-refractivity contribution is 0.0979. The summed E-state index contributed by atoms with van der Waals surface area (Å²) in [4.78, 5) is 71.7. The molecule has 2 aromatic heterocycles. The van der Waals surface area contributed by atoms with E-state index in [-0.39, 0.29) is 63.2 Å². The van der Waals surface area contributed by atoms with Crippen LogP contribution in [0.2, 0.25) is 0 Å². The van der Waals surface area contributed by atoms with Crippen molar-refractivity contribution >= 4 is 58.2 Å². The Kier molecular flexibility index (Phi) is 6.43. The van der Waals surface area contributed by atoms with Crippen molar-refractivity contribution in [2.24, 2.45) is 0 Å². The van der Waals surface area contributed by atoms with Gasteiger partial charge < -0.3 is 16.0 Å². The van der Waals surface area contributed by atoms with Gasteiger partial charge in [-0.05, 0) is 24.3 Å². The van der Waals surface area contributed by atoms with Crippen molar-refractivity contribution in [1.82, 2.24) is 19.9 Å². The molecule has 11 nitrogen and oxygen atoms in total. The second-order valence-corrected chi connectivity index (χ2v) is 10.8. The fraction of sp³-hybridized carbons (Fsp3) is 0. The molecule has 0 saturated carbocycles. The average Bonchev–Trinajstić information content (AvgIpc) is 3.10. The maximum atomic E-state index is 13.6. The Bertz CT molecular complexity index is 2180. The summed E-state index contributed by atoms with van der Waals surface area (Å²) in [5.41, 5.74) is 2.88. The fourth-order valence-electron chi connectivity index (χ4n) is 5.83. The third-order valence-corrected chi connectivity index (χ3v) is 7.94. The molecule has 2 heterocycles. The van der Waals surface area contributed by atoms with Crippen LogP contribution in [0.5, 0.6) is 0 Å². The number of aromatic nitrogens is 4. The zero-order chi connectivity index (χ0) is 32.1. The lowest BCUT2D eigenvalue weighted by Crippen LogP contribution is -2.22. The van der Waals surface area contributed by atoms with E-state index in [0.29, 0.717) is 39.4 Å². The molecule has 6 aromatic rings. The second kappa shape index (κ2) is 10.9. The number of pyridine rings is 1. The van der Waals surface area contributed by atoms with E-state index in [4.69, 9.17) is 0 Å². The minimum absolute atomic E-state index is 0.0333. The largest absolute Gasteiger partial charge is 0.323 e. The number of carbonyl (C=O) groups excluding carboxylic acids is 4. The third kappa shape index (κ3) is 4.70. The summed E-state index contributed by atoms with van der Waals surface area (Å²) in [5, 5.41) is 9.24. The van der Waals surface area contributed by atoms with Crippen molar-refractivity contribution in [1.29, 1.82) is 0 Å². The molecule has 47 heavy (non-hydrogen) atoms. The molecular formula is C36H21N7O4. The molecule has 4 aromatic carbocycles. The van der Waals surface area contributed by atoms with Gasteiger partial charge in [0.2, 0.25) is 17.8 Å². The van der Waals surface area contributed by atoms with Gasteiger partial charge >= 0.3 is 0 Å². The molecule has 0 amide bonds. The minimum atomic E-state index is -0.308. The van der Waals surface area contributed by atoms with Gasteiger partial charge in [-0.25, -0.2) is 4.98 Å². The van der Waals surface area contributed by atoms with Gasteiger partial charge in [-0.3, -0.25) is 19.2 Å². The molecule has 0 radical (unpaired) electrons. The standard InChI is InChI=1S/C36H21N7O4/c44-30-19-9-1-3-11-21(19)32(46)28-23(30)13-7-15-25(28)38-34-41-35(43-36(42-34)40-27-17-5-6-18-37-27)39-26-16-8-14-24-29(26)33(47)22-12-4-2-10-20(22)31(24)45/h1-18H,(H3,37,38,39,40,41,42,43). The lowest BCUT2D eigenvalue weighted by Gasteiger charge is -2.21. The van der Waals surface area contributed by atoms with E-state index in [1.165, 1.54) is 0 Å². The number of anilines is 6. The smallest absolute Gasteiger partial charge is 0.235 e. The summed E-state index contributed by atoms with van der Waals surface area (Å²) in [6, 6.07) is 28.6. The summed E-state index contributed by atoms with van der Waals surface area (Å²) < 4.78 is 0. The van der Waals surface area contributed by atoms with Gasteiger partial charge in [0, 0.05) is 39.6 Å². The van der Waals surface area contributed by atoms with Crippen molar-refractivity contribution in [3.05, 3.63) is 154 Å². The van der Waals surface area contributed by atoms with Crippen LogP contribution in [0.3, 0.4) is 0 Å². The van der Waals surface area contributed by atoms with Crippen molar-refractivity contribution in [2.75, 3.05) is 16.0 Å². The number of benzene rings is 4. The van der Waals surface area contributed by atoms with Crippen LogP contribution in [-0.4, -0.2) is 43.1 Å². The molecule has 8 rings (SSSR count). The topological polar surface area (TPSA) is 156 Å². The zero-order valence-corrected chi connectivity index (χ0v) is 24.3. The highest BCUT2D eigenvalue weighted by atomic mass is 16.1. The fourth-order valence-corrected chi connectivity index (χ4v) is 5.83. The van der Waals surface area contributed by atoms with Crippen LogP contribution in [0, 0.1) is 0 Å². The molecule has 0 aliphatic heterocycles. The van der Waals surface area contributed by atoms with Crippen LogP contribution < -0.4 is 16.0 Å². The maximum absolute atomic E-state index is 13.6. The zero-order valence-electron chi connectivity index (χ0n) is 24.3. The third-order valence-electron chi connectivity index (χ3n) is 7.94. The number of fused-ring (bicyclic) bond motifs is 4. The highest BCUT2D eigenvalue weighted by Crippen LogP contribution is 2.35. The van der Waals surface area contributed by atoms with E-state index < -0.39 is 0 Å². The minimum Gasteiger partial charge on any atom is -0.323 e. The average molecular weight is 616 g/mol. The number of rotatable bonds is 6. The molecule has 3 N–H and O–H groups in total. The van der Waals surface area contributed by atoms with Crippen molar-refractivity contribution < 1.29 is 19.2 Å². The second-order valence-electron chi connectivity index (χ2n) is 10.8. The van der Waals surface area contributed by atoms with E-state index in [1.54, 1.807) is 109 Å². The van der Waals surface area contributed by atoms with Gasteiger partial charge in [-0.15, -0.1) is 0 Å². The van der Waals surface area contributed by atoms with E-state index >= 15 is 0 Å². The number of hydrogen-bond donors (Lipinski definition) is 3. The molecule has 0 saturated heterocycles. The Morgan fingerprint density at radius 2 is 0.787 bits per heavy atom. The Balaban J connectivity index is 1.20. The molecule has 0 bridgehead atoms. The van der Waals surface area contributed by atoms with Crippen molar-refractivity contribution in [3.63, 3.8) is 0 Å². The molecule has 0 fully saturated rings. The van der Waals surface area contributed by atoms with Crippen LogP contribution in [-0.2, 0) is 0 Å². The normalized spacial score (nSPS) is 12.9. The summed E-state index contributed by atoms with van der Waals surface area (Å²) in [7, 11) is 0. The predicted octanol–water partition coefficient (Wildman–Crippen LogP) is 6.05. The van der Waals surface area contributed by atoms with Crippen molar-refractivity contribution in [2.45, 2.75) is 0 Å². The number of carbonyl (C=O) groups is 4. The number of nitrogens with zero attached hydrogens (tertiary/aromatic N) is 4. The first-order valence-corrected chi connectivity index (χ1v) is 14.6. The number of nitrogens with one attached hydrogen (secondary N) is 3. The molecule has 224 valence electrons. The van der Waals surface area contributed by atoms with Crippen LogP contribution in [0.4, 0.5) is 35.0 Å². The SMILES string of the molecule is O=C1c2ccccc2C(=O)c2c(Nc3nc(Nc4ccccn4)nc(Nc4cccc5c4C(=O)c4ccccc4C5=O)n3)cccc21. The Morgan fingerprint density at radius 3 is 1.23 bits per heavy atom. The van der Waals surface area contributed by atoms with Gasteiger partial charge in [-0.1, -0.05) is 78.9 Å². The maximum Gasteiger partial charge on any atom is 0.235 e. The highest BCUT2D eigenvalue weighted by molar-refractivity contribution is 6.31. The summed E-state index contributed by atoms with van der Waals surface area (Å²) in [6.07, 6.45) is 1.61. The Morgan fingerprint density at radius 1 is 0.383 bits per heavy atom. The first-order valence-electron chi connectivity index (χ1n) is 14.6. The molecule has 0 spiro atoms. The van der Waals surface area contributed by atoms with Gasteiger partial charge in [0.15, 0.2) is 23.1 Å². The van der Waals surface area contributed by atoms with E-state index in [1.807, 2.05) is 0 Å². The first-order chi connectivity index (χ1) is 23.0. The van der Waals surface area contributed by atoms with Crippen LogP contribution in [0.25, 0.3) is 0 Å². The lowest BCUT2D eigenvalue weighted by atomic mass is 9.83. The summed E-state index contributed by atoms with van der Waals surface area (Å²) in [5.74, 6) is -0.517. The van der Waals surface area contributed by atoms with Crippen molar-refractivity contribution in [3.8, 4) is 0 Å². The highest BCUT2D eigenvalue weighted by Gasteiger charge is 2.33. The van der Waals surface area contributed by atoms with Crippen LogP contribution >= 0.6 is 0 Å². The number of hydrogen-bond acceptors (Lipinski definition) is 11. The molecule has 0 atom stereocenters. The summed E-state index contributed by atoms with van der Waals surface area (Å²) >= 11 is 0. The van der Waals surface area contributed by atoms with E-state index in [2.05, 4.69) is 35.9 Å². The number of ketones is 4. The van der Waals surface area contributed by atoms with Gasteiger partial charge in [0.1, 0.15) is 5.82 Å². The molecule has 2 aliphatic carbocycles. The first kappa shape index (κ1) is 27.7. The van der Waals surface area contributed by atoms with Gasteiger partial charge in [-0.2, -0.15) is 15.0 Å². The molecule has 2 aliphatic rings. The molecule has 11 heteroatoms. The Labute approximate surface area is 266 Å². The van der Waals surface area contributed by atoms with Gasteiger partial charge in [0.05, 0.1) is 22.5 Å². The van der Waals surface area contributed by atoms with E-state index in [0.717, 1.165) is 0 Å². The molecular weight excluding hydrogens is 594 g/mol. The molecule has 0 unspecified atom stereocenters. The van der Waals surface area contributed by atoms with Crippen LogP contribution in [0.15, 0.2) is 109 Å². The van der Waals surface area contributed by atoms with E-state index in [9.17, 15) is 19.2 Å². The monoisotopic (exact) mass is 615 g/mol. The predicted molar refractivity (Wildman–Crippen MR) is 173 cm³/mol. The van der Waals surface area contributed by atoms with Crippen LogP contribution in [0.1, 0.15) is 63.7 Å². The van der Waals surface area contributed by atoms with Gasteiger partial charge in [0.25, 0.3) is 0 Å². The summed E-state index contributed by atoms with van der Waals surface area (Å²) in [6.45, 7) is 0. The quantitative estimate of drug-likeness (QED) is 0.200. The Hall–Kier alpha value is -6.88.